The molecule has 10 heteroatoms. The second-order valence-corrected chi connectivity index (χ2v) is 6.37. The number of thioether (sulfide) groups is 1. The lowest BCUT2D eigenvalue weighted by atomic mass is 10.2. The Morgan fingerprint density at radius 2 is 1.71 bits per heavy atom. The fourth-order valence-corrected chi connectivity index (χ4v) is 2.75. The summed E-state index contributed by atoms with van der Waals surface area (Å²) >= 11 is 1.02. The summed E-state index contributed by atoms with van der Waals surface area (Å²) in [7, 11) is 0. The van der Waals surface area contributed by atoms with Gasteiger partial charge >= 0.3 is 0 Å². The molecule has 0 radical (unpaired) electrons. The Hall–Kier alpha value is -3.27. The molecule has 0 spiro atoms. The van der Waals surface area contributed by atoms with Crippen LogP contribution in [0.5, 0.6) is 0 Å². The van der Waals surface area contributed by atoms with Crippen molar-refractivity contribution in [3.63, 3.8) is 0 Å². The zero-order chi connectivity index (χ0) is 19.9. The number of hydrogen-bond acceptors (Lipinski definition) is 6. The van der Waals surface area contributed by atoms with Crippen molar-refractivity contribution < 1.29 is 22.8 Å². The molecule has 0 aliphatic heterocycles. The summed E-state index contributed by atoms with van der Waals surface area (Å²) in [6.45, 7) is -0.212. The van der Waals surface area contributed by atoms with Crippen LogP contribution in [0.2, 0.25) is 0 Å². The van der Waals surface area contributed by atoms with E-state index < -0.39 is 23.1 Å². The molecule has 1 heterocycles. The molecule has 144 valence electrons. The molecule has 0 saturated heterocycles. The molecule has 0 bridgehead atoms. The van der Waals surface area contributed by atoms with E-state index in [0.717, 1.165) is 30.0 Å². The molecule has 3 aromatic rings. The van der Waals surface area contributed by atoms with Crippen molar-refractivity contribution in [3.8, 4) is 0 Å². The number of benzene rings is 2. The van der Waals surface area contributed by atoms with E-state index in [-0.39, 0.29) is 29.3 Å². The van der Waals surface area contributed by atoms with Gasteiger partial charge in [0.25, 0.3) is 11.1 Å². The largest absolute Gasteiger partial charge is 0.414 e. The van der Waals surface area contributed by atoms with Crippen LogP contribution in [0, 0.1) is 11.6 Å². The molecule has 0 atom stereocenters. The van der Waals surface area contributed by atoms with Gasteiger partial charge in [-0.2, -0.15) is 0 Å². The van der Waals surface area contributed by atoms with E-state index >= 15 is 0 Å². The summed E-state index contributed by atoms with van der Waals surface area (Å²) in [5.41, 5.74) is -0.0170. The highest BCUT2D eigenvalue weighted by molar-refractivity contribution is 7.99. The molecule has 7 nitrogen and oxygen atoms in total. The lowest BCUT2D eigenvalue weighted by molar-refractivity contribution is -0.113. The molecule has 1 aromatic heterocycles. The predicted molar refractivity (Wildman–Crippen MR) is 97.6 cm³/mol. The molecule has 3 rings (SSSR count). The summed E-state index contributed by atoms with van der Waals surface area (Å²) < 4.78 is 32.4. The van der Waals surface area contributed by atoms with Crippen molar-refractivity contribution in [1.82, 2.24) is 15.5 Å². The van der Waals surface area contributed by atoms with Gasteiger partial charge in [0.15, 0.2) is 0 Å². The second kappa shape index (κ2) is 9.09. The monoisotopic (exact) mass is 404 g/mol. The fraction of sp³-hybridized carbons (Fsp3) is 0.111. The highest BCUT2D eigenvalue weighted by Crippen LogP contribution is 2.17. The highest BCUT2D eigenvalue weighted by Gasteiger charge is 2.18. The second-order valence-electron chi connectivity index (χ2n) is 5.44. The molecule has 0 unspecified atom stereocenters. The summed E-state index contributed by atoms with van der Waals surface area (Å²) in [6, 6.07) is 12.1. The van der Waals surface area contributed by atoms with Crippen molar-refractivity contribution in [1.29, 1.82) is 0 Å². The molecule has 0 aliphatic rings. The third-order valence-corrected chi connectivity index (χ3v) is 4.24. The van der Waals surface area contributed by atoms with Gasteiger partial charge in [-0.1, -0.05) is 36.0 Å². The maximum Gasteiger partial charge on any atom is 0.277 e. The quantitative estimate of drug-likeness (QED) is 0.588. The van der Waals surface area contributed by atoms with Crippen LogP contribution in [-0.2, 0) is 11.3 Å². The van der Waals surface area contributed by atoms with E-state index in [1.54, 1.807) is 24.3 Å². The normalized spacial score (nSPS) is 10.5. The van der Waals surface area contributed by atoms with E-state index in [0.29, 0.717) is 5.69 Å². The Bertz CT molecular complexity index is 962. The van der Waals surface area contributed by atoms with Gasteiger partial charge in [0.2, 0.25) is 11.8 Å². The number of carbonyl (C=O) groups excluding carboxylic acids is 2. The first-order valence-corrected chi connectivity index (χ1v) is 9.04. The number of nitrogens with one attached hydrogen (secondary N) is 2. The van der Waals surface area contributed by atoms with Crippen LogP contribution in [-0.4, -0.2) is 27.8 Å². The molecule has 0 saturated carbocycles. The minimum atomic E-state index is -0.969. The summed E-state index contributed by atoms with van der Waals surface area (Å²) in [6.07, 6.45) is 0. The number of para-hydroxylation sites is 1. The zero-order valence-electron chi connectivity index (χ0n) is 14.3. The first-order valence-electron chi connectivity index (χ1n) is 8.05. The third kappa shape index (κ3) is 5.13. The molecule has 0 aliphatic carbocycles. The average molecular weight is 404 g/mol. The van der Waals surface area contributed by atoms with Gasteiger partial charge in [-0.25, -0.2) is 8.78 Å². The summed E-state index contributed by atoms with van der Waals surface area (Å²) in [5, 5.41) is 12.6. The minimum absolute atomic E-state index is 0.0380. The lowest BCUT2D eigenvalue weighted by Crippen LogP contribution is -2.25. The van der Waals surface area contributed by atoms with Crippen molar-refractivity contribution in [3.05, 3.63) is 71.6 Å². The van der Waals surface area contributed by atoms with Crippen molar-refractivity contribution in [2.24, 2.45) is 0 Å². The SMILES string of the molecule is O=C(CSc1nnc(CNC(=O)c2c(F)cccc2F)o1)Nc1ccccc1. The number of halogens is 2. The molecular formula is C18H14F2N4O3S. The Kier molecular flexibility index (Phi) is 6.33. The van der Waals surface area contributed by atoms with E-state index in [4.69, 9.17) is 4.42 Å². The third-order valence-electron chi connectivity index (χ3n) is 3.42. The number of anilines is 1. The van der Waals surface area contributed by atoms with E-state index in [1.807, 2.05) is 6.07 Å². The van der Waals surface area contributed by atoms with Crippen LogP contribution >= 0.6 is 11.8 Å². The first-order chi connectivity index (χ1) is 13.5. The average Bonchev–Trinajstić information content (AvgIpc) is 3.13. The predicted octanol–water partition coefficient (Wildman–Crippen LogP) is 3.01. The number of hydrogen-bond donors (Lipinski definition) is 2. The van der Waals surface area contributed by atoms with Crippen LogP contribution in [0.3, 0.4) is 0 Å². The summed E-state index contributed by atoms with van der Waals surface area (Å²) in [4.78, 5) is 23.8. The standard InChI is InChI=1S/C18H14F2N4O3S/c19-12-7-4-8-13(20)16(12)17(26)21-9-15-23-24-18(27-15)28-10-14(25)22-11-5-2-1-3-6-11/h1-8H,9-10H2,(H,21,26)(H,22,25). The Morgan fingerprint density at radius 1 is 1.00 bits per heavy atom. The van der Waals surface area contributed by atoms with E-state index in [1.165, 1.54) is 0 Å². The van der Waals surface area contributed by atoms with Gasteiger partial charge in [0.05, 0.1) is 12.3 Å². The number of aromatic nitrogens is 2. The van der Waals surface area contributed by atoms with Gasteiger partial charge in [-0.15, -0.1) is 10.2 Å². The van der Waals surface area contributed by atoms with Crippen LogP contribution in [0.25, 0.3) is 0 Å². The van der Waals surface area contributed by atoms with Crippen LogP contribution in [0.1, 0.15) is 16.2 Å². The zero-order valence-corrected chi connectivity index (χ0v) is 15.1. The molecule has 0 fully saturated rings. The lowest BCUT2D eigenvalue weighted by Gasteiger charge is -2.04. The molecule has 2 amide bonds. The number of carbonyl (C=O) groups is 2. The van der Waals surface area contributed by atoms with Crippen molar-refractivity contribution in [2.75, 3.05) is 11.1 Å². The minimum Gasteiger partial charge on any atom is -0.414 e. The number of nitrogens with zero attached hydrogens (tertiary/aromatic N) is 2. The maximum atomic E-state index is 13.6. The maximum absolute atomic E-state index is 13.6. The Morgan fingerprint density at radius 3 is 2.43 bits per heavy atom. The Labute approximate surface area is 162 Å². The smallest absolute Gasteiger partial charge is 0.277 e. The number of rotatable bonds is 7. The first kappa shape index (κ1) is 19.5. The molecule has 2 N–H and O–H groups in total. The fourth-order valence-electron chi connectivity index (χ4n) is 2.17. The summed E-state index contributed by atoms with van der Waals surface area (Å²) in [5.74, 6) is -3.04. The van der Waals surface area contributed by atoms with Gasteiger partial charge < -0.3 is 15.1 Å². The van der Waals surface area contributed by atoms with Crippen LogP contribution in [0.15, 0.2) is 58.2 Å². The van der Waals surface area contributed by atoms with Crippen LogP contribution in [0.4, 0.5) is 14.5 Å². The molecular weight excluding hydrogens is 390 g/mol. The van der Waals surface area contributed by atoms with E-state index in [2.05, 4.69) is 20.8 Å². The van der Waals surface area contributed by atoms with Crippen LogP contribution < -0.4 is 10.6 Å². The van der Waals surface area contributed by atoms with E-state index in [9.17, 15) is 18.4 Å². The Balaban J connectivity index is 1.49. The highest BCUT2D eigenvalue weighted by atomic mass is 32.2. The molecule has 2 aromatic carbocycles. The van der Waals surface area contributed by atoms with Gasteiger partial charge in [-0.05, 0) is 24.3 Å². The number of amides is 2. The topological polar surface area (TPSA) is 97.1 Å². The van der Waals surface area contributed by atoms with Crippen molar-refractivity contribution >= 4 is 29.3 Å². The van der Waals surface area contributed by atoms with Crippen molar-refractivity contribution in [2.45, 2.75) is 11.8 Å². The molecule has 28 heavy (non-hydrogen) atoms. The van der Waals surface area contributed by atoms with Gasteiger partial charge in [-0.3, -0.25) is 9.59 Å². The van der Waals surface area contributed by atoms with Gasteiger partial charge in [0, 0.05) is 5.69 Å². The van der Waals surface area contributed by atoms with Gasteiger partial charge in [0.1, 0.15) is 17.2 Å².